The van der Waals surface area contributed by atoms with Crippen molar-refractivity contribution in [3.05, 3.63) is 70.0 Å². The summed E-state index contributed by atoms with van der Waals surface area (Å²) in [5, 5.41) is 11.4. The van der Waals surface area contributed by atoms with Crippen molar-refractivity contribution in [1.29, 1.82) is 0 Å². The van der Waals surface area contributed by atoms with Gasteiger partial charge < -0.3 is 25.3 Å². The van der Waals surface area contributed by atoms with Gasteiger partial charge in [0.15, 0.2) is 0 Å². The third kappa shape index (κ3) is 7.71. The summed E-state index contributed by atoms with van der Waals surface area (Å²) in [7, 11) is 0. The van der Waals surface area contributed by atoms with E-state index < -0.39 is 0 Å². The Morgan fingerprint density at radius 3 is 2.24 bits per heavy atom. The minimum atomic E-state index is -0.246. The van der Waals surface area contributed by atoms with Crippen molar-refractivity contribution in [2.45, 2.75) is 39.0 Å². The highest BCUT2D eigenvalue weighted by Gasteiger charge is 2.24. The maximum Gasteiger partial charge on any atom is 0.137 e. The molecule has 0 atom stereocenters. The van der Waals surface area contributed by atoms with Crippen LogP contribution < -0.4 is 21.1 Å². The van der Waals surface area contributed by atoms with Gasteiger partial charge in [-0.2, -0.15) is 0 Å². The molecule has 0 amide bonds. The molecular formula is C25H35Cl2N3O3. The highest BCUT2D eigenvalue weighted by molar-refractivity contribution is 6.32. The second kappa shape index (κ2) is 12.9. The van der Waals surface area contributed by atoms with E-state index in [-0.39, 0.29) is 12.0 Å². The van der Waals surface area contributed by atoms with Crippen molar-refractivity contribution >= 4 is 23.2 Å². The Morgan fingerprint density at radius 2 is 1.67 bits per heavy atom. The Balaban J connectivity index is 1.95. The molecule has 5 N–H and O–H groups in total. The van der Waals surface area contributed by atoms with Gasteiger partial charge in [-0.1, -0.05) is 43.6 Å². The smallest absolute Gasteiger partial charge is 0.137 e. The first-order chi connectivity index (χ1) is 15.7. The lowest BCUT2D eigenvalue weighted by Crippen LogP contribution is -2.35. The molecule has 33 heavy (non-hydrogen) atoms. The number of benzene rings is 2. The van der Waals surface area contributed by atoms with Crippen LogP contribution in [0.25, 0.3) is 0 Å². The van der Waals surface area contributed by atoms with Crippen LogP contribution in [0.5, 0.6) is 11.5 Å². The minimum Gasteiger partial charge on any atom is -0.494 e. The van der Waals surface area contributed by atoms with Gasteiger partial charge in [-0.05, 0) is 48.7 Å². The lowest BCUT2D eigenvalue weighted by molar-refractivity contribution is 0.230. The lowest BCUT2D eigenvalue weighted by atomic mass is 9.78. The van der Waals surface area contributed by atoms with E-state index in [1.165, 1.54) is 5.01 Å². The molecule has 0 aliphatic heterocycles. The molecule has 0 spiro atoms. The van der Waals surface area contributed by atoms with Gasteiger partial charge in [-0.25, -0.2) is 5.84 Å². The van der Waals surface area contributed by atoms with Crippen LogP contribution in [0.3, 0.4) is 0 Å². The summed E-state index contributed by atoms with van der Waals surface area (Å²) in [6.45, 7) is 7.41. The molecule has 0 aliphatic rings. The molecule has 0 unspecified atom stereocenters. The van der Waals surface area contributed by atoms with E-state index in [2.05, 4.69) is 26.0 Å². The summed E-state index contributed by atoms with van der Waals surface area (Å²) in [5.74, 6) is 7.95. The lowest BCUT2D eigenvalue weighted by Gasteiger charge is -2.27. The van der Waals surface area contributed by atoms with E-state index in [9.17, 15) is 5.11 Å². The van der Waals surface area contributed by atoms with Gasteiger partial charge in [0.2, 0.25) is 0 Å². The van der Waals surface area contributed by atoms with Gasteiger partial charge in [0, 0.05) is 30.0 Å². The third-order valence-electron chi connectivity index (χ3n) is 5.53. The second-order valence-corrected chi connectivity index (χ2v) is 9.15. The first-order valence-electron chi connectivity index (χ1n) is 11.0. The number of aliphatic hydroxyl groups is 1. The molecule has 0 aromatic heterocycles. The van der Waals surface area contributed by atoms with Crippen molar-refractivity contribution in [1.82, 2.24) is 5.01 Å². The highest BCUT2D eigenvalue weighted by atomic mass is 35.5. The fraction of sp³-hybridized carbons (Fsp3) is 0.440. The van der Waals surface area contributed by atoms with Crippen LogP contribution in [0, 0.1) is 0 Å². The third-order valence-corrected chi connectivity index (χ3v) is 6.09. The summed E-state index contributed by atoms with van der Waals surface area (Å²) in [4.78, 5) is 0. The maximum absolute atomic E-state index is 9.34. The number of aliphatic hydroxyl groups excluding tert-OH is 1. The van der Waals surface area contributed by atoms with Crippen LogP contribution in [-0.2, 0) is 5.41 Å². The Morgan fingerprint density at radius 1 is 1.03 bits per heavy atom. The summed E-state index contributed by atoms with van der Waals surface area (Å²) >= 11 is 12.2. The number of rotatable bonds is 13. The van der Waals surface area contributed by atoms with Crippen LogP contribution in [0.2, 0.25) is 5.02 Å². The van der Waals surface area contributed by atoms with Crippen LogP contribution in [-0.4, -0.2) is 42.4 Å². The van der Waals surface area contributed by atoms with Crippen molar-refractivity contribution in [3.63, 3.8) is 0 Å². The quantitative estimate of drug-likeness (QED) is 0.160. The van der Waals surface area contributed by atoms with Crippen LogP contribution >= 0.6 is 23.2 Å². The number of alkyl halides is 1. The van der Waals surface area contributed by atoms with E-state index in [0.29, 0.717) is 54.2 Å². The largest absolute Gasteiger partial charge is 0.494 e. The minimum absolute atomic E-state index is 0.189. The Kier molecular flexibility index (Phi) is 10.6. The van der Waals surface area contributed by atoms with Gasteiger partial charge in [-0.3, -0.25) is 0 Å². The number of nitrogens with two attached hydrogens (primary N) is 2. The number of hydrogen-bond donors (Lipinski definition) is 3. The standard InChI is InChI=1S/C25H35Cl2N3O3/c1-18(28)23(17-31)30(29)13-5-15-32-21-9-6-19(7-10-21)25(2,3)20-8-11-24(22(27)16-20)33-14-4-12-26/h6-11,16,31H,4-5,12-15,17,28-29H2,1-3H3/b23-18-. The molecule has 2 aromatic rings. The predicted molar refractivity (Wildman–Crippen MR) is 136 cm³/mol. The summed E-state index contributed by atoms with van der Waals surface area (Å²) in [5.41, 5.74) is 8.75. The average molecular weight is 496 g/mol. The van der Waals surface area contributed by atoms with Gasteiger partial charge in [0.1, 0.15) is 11.5 Å². The fourth-order valence-corrected chi connectivity index (χ4v) is 3.72. The molecule has 0 aliphatic carbocycles. The molecule has 0 saturated heterocycles. The van der Waals surface area contributed by atoms with E-state index in [1.54, 1.807) is 6.92 Å². The van der Waals surface area contributed by atoms with Crippen LogP contribution in [0.4, 0.5) is 0 Å². The molecule has 2 aromatic carbocycles. The van der Waals surface area contributed by atoms with Gasteiger partial charge in [-0.15, -0.1) is 11.6 Å². The molecule has 0 saturated carbocycles. The Labute approximate surface area is 207 Å². The van der Waals surface area contributed by atoms with E-state index >= 15 is 0 Å². The van der Waals surface area contributed by atoms with E-state index in [0.717, 1.165) is 23.3 Å². The molecule has 2 rings (SSSR count). The zero-order valence-electron chi connectivity index (χ0n) is 19.6. The van der Waals surface area contributed by atoms with Crippen molar-refractivity contribution in [2.24, 2.45) is 11.6 Å². The highest BCUT2D eigenvalue weighted by Crippen LogP contribution is 2.36. The predicted octanol–water partition coefficient (Wildman–Crippen LogP) is 4.80. The van der Waals surface area contributed by atoms with Gasteiger partial charge >= 0.3 is 0 Å². The SMILES string of the molecule is C/C(N)=C(\CO)N(N)CCCOc1ccc(C(C)(C)c2ccc(OCCCCl)c(Cl)c2)cc1. The zero-order chi connectivity index (χ0) is 24.4. The number of hydrogen-bond acceptors (Lipinski definition) is 6. The normalized spacial score (nSPS) is 12.3. The fourth-order valence-electron chi connectivity index (χ4n) is 3.38. The summed E-state index contributed by atoms with van der Waals surface area (Å²) in [6.07, 6.45) is 1.47. The van der Waals surface area contributed by atoms with Crippen molar-refractivity contribution in [3.8, 4) is 11.5 Å². The Hall–Kier alpha value is -2.12. The second-order valence-electron chi connectivity index (χ2n) is 8.37. The summed E-state index contributed by atoms with van der Waals surface area (Å²) < 4.78 is 11.5. The Bertz CT molecular complexity index is 914. The van der Waals surface area contributed by atoms with E-state index in [4.69, 9.17) is 44.3 Å². The van der Waals surface area contributed by atoms with Crippen molar-refractivity contribution < 1.29 is 14.6 Å². The number of nitrogens with zero attached hydrogens (tertiary/aromatic N) is 1. The van der Waals surface area contributed by atoms with Crippen molar-refractivity contribution in [2.75, 3.05) is 32.2 Å². The monoisotopic (exact) mass is 495 g/mol. The molecule has 8 heteroatoms. The first kappa shape index (κ1) is 27.1. The number of ether oxygens (including phenoxy) is 2. The van der Waals surface area contributed by atoms with E-state index in [1.807, 2.05) is 30.3 Å². The number of allylic oxidation sites excluding steroid dienone is 1. The van der Waals surface area contributed by atoms with Gasteiger partial charge in [0.25, 0.3) is 0 Å². The first-order valence-corrected chi connectivity index (χ1v) is 11.9. The van der Waals surface area contributed by atoms with Crippen LogP contribution in [0.15, 0.2) is 53.9 Å². The number of hydrazine groups is 1. The topological polar surface area (TPSA) is 94.0 Å². The number of halogens is 2. The molecular weight excluding hydrogens is 461 g/mol. The summed E-state index contributed by atoms with van der Waals surface area (Å²) in [6, 6.07) is 14.0. The van der Waals surface area contributed by atoms with Crippen LogP contribution in [0.1, 0.15) is 44.7 Å². The molecule has 0 radical (unpaired) electrons. The molecule has 182 valence electrons. The average Bonchev–Trinajstić information content (AvgIpc) is 2.78. The maximum atomic E-state index is 9.34. The molecule has 0 bridgehead atoms. The molecule has 0 heterocycles. The van der Waals surface area contributed by atoms with Gasteiger partial charge in [0.05, 0.1) is 30.5 Å². The molecule has 0 fully saturated rings. The zero-order valence-corrected chi connectivity index (χ0v) is 21.1. The molecule has 6 nitrogen and oxygen atoms in total.